The third kappa shape index (κ3) is 8.82. The van der Waals surface area contributed by atoms with E-state index < -0.39 is 29.6 Å². The minimum absolute atomic E-state index is 0.111. The molecule has 13 heteroatoms. The highest BCUT2D eigenvalue weighted by Gasteiger charge is 2.47. The zero-order chi connectivity index (χ0) is 45.8. The van der Waals surface area contributed by atoms with Crippen LogP contribution in [0.25, 0.3) is 10.9 Å². The van der Waals surface area contributed by atoms with Crippen molar-refractivity contribution in [3.8, 4) is 11.8 Å². The maximum Gasteiger partial charge on any atom is 0.471 e. The van der Waals surface area contributed by atoms with Crippen LogP contribution in [0.3, 0.4) is 0 Å². The van der Waals surface area contributed by atoms with E-state index in [0.717, 1.165) is 34.7 Å². The first-order chi connectivity index (χ1) is 32.0. The molecule has 2 fully saturated rings. The average Bonchev–Trinajstić information content (AvgIpc) is 3.69. The SMILES string of the molecule is CN1CCN(c2ccc(C(=O)Nc3nn(C(c4ccccc4)(c4ccccc4)c4ccccc4)c4cc(C#CC5C=CC=C(O)C5)ccc34)c(N(C(=O)C(F)(F)F)C3CCOCC3)c2)CC1. The maximum atomic E-state index is 15.0. The molecule has 0 radical (unpaired) electrons. The molecule has 2 aliphatic heterocycles. The highest BCUT2D eigenvalue weighted by molar-refractivity contribution is 6.14. The number of alkyl halides is 3. The summed E-state index contributed by atoms with van der Waals surface area (Å²) >= 11 is 0. The van der Waals surface area contributed by atoms with Gasteiger partial charge in [0.25, 0.3) is 5.91 Å². The Labute approximate surface area is 381 Å². The fourth-order valence-corrected chi connectivity index (χ4v) is 9.28. The third-order valence-electron chi connectivity index (χ3n) is 12.6. The summed E-state index contributed by atoms with van der Waals surface area (Å²) in [7, 11) is 2.01. The van der Waals surface area contributed by atoms with Crippen molar-refractivity contribution in [1.29, 1.82) is 0 Å². The van der Waals surface area contributed by atoms with Gasteiger partial charge in [0.1, 0.15) is 5.54 Å². The van der Waals surface area contributed by atoms with Crippen LogP contribution in [-0.2, 0) is 15.1 Å². The fraction of sp³-hybridized carbons (Fsp3) is 0.264. The number of likely N-dealkylation sites (N-methyl/N-ethyl adjacent to an activating group) is 1. The first-order valence-electron chi connectivity index (χ1n) is 22.2. The van der Waals surface area contributed by atoms with Crippen molar-refractivity contribution < 1.29 is 32.6 Å². The number of ether oxygens (including phenoxy) is 1. The van der Waals surface area contributed by atoms with Crippen LogP contribution in [0.2, 0.25) is 0 Å². The number of hydrogen-bond acceptors (Lipinski definition) is 7. The molecule has 6 aromatic rings. The molecule has 0 spiro atoms. The zero-order valence-electron chi connectivity index (χ0n) is 36.4. The molecular formula is C53H49F3N6O4. The molecule has 9 rings (SSSR count). The smallest absolute Gasteiger partial charge is 0.471 e. The Hall–Kier alpha value is -7.14. The molecule has 2 saturated heterocycles. The Balaban J connectivity index is 1.23. The van der Waals surface area contributed by atoms with Crippen LogP contribution in [-0.4, -0.2) is 90.3 Å². The number of allylic oxidation sites excluding steroid dienone is 4. The molecule has 3 heterocycles. The summed E-state index contributed by atoms with van der Waals surface area (Å²) in [5.74, 6) is 3.99. The number of anilines is 3. The van der Waals surface area contributed by atoms with Gasteiger partial charge in [0.2, 0.25) is 0 Å². The molecule has 66 heavy (non-hydrogen) atoms. The summed E-state index contributed by atoms with van der Waals surface area (Å²) in [5.41, 5.74) is 3.11. The predicted octanol–water partition coefficient (Wildman–Crippen LogP) is 9.32. The van der Waals surface area contributed by atoms with E-state index in [1.807, 2.05) is 127 Å². The second-order valence-corrected chi connectivity index (χ2v) is 16.9. The van der Waals surface area contributed by atoms with Crippen LogP contribution in [0.15, 0.2) is 151 Å². The largest absolute Gasteiger partial charge is 0.512 e. The predicted molar refractivity (Wildman–Crippen MR) is 251 cm³/mol. The van der Waals surface area contributed by atoms with Gasteiger partial charge in [0.05, 0.1) is 22.5 Å². The van der Waals surface area contributed by atoms with Crippen molar-refractivity contribution in [3.05, 3.63) is 179 Å². The molecule has 3 aliphatic rings. The summed E-state index contributed by atoms with van der Waals surface area (Å²) in [4.78, 5) is 33.6. The number of aromatic nitrogens is 2. The second kappa shape index (κ2) is 18.8. The van der Waals surface area contributed by atoms with E-state index in [0.29, 0.717) is 41.7 Å². The van der Waals surface area contributed by atoms with Crippen molar-refractivity contribution in [1.82, 2.24) is 14.7 Å². The van der Waals surface area contributed by atoms with Crippen molar-refractivity contribution in [2.45, 2.75) is 37.0 Å². The Bertz CT molecular complexity index is 2740. The number of hydrogen-bond donors (Lipinski definition) is 2. The Morgan fingerprint density at radius 3 is 2.03 bits per heavy atom. The molecule has 10 nitrogen and oxygen atoms in total. The molecule has 2 amide bonds. The summed E-state index contributed by atoms with van der Waals surface area (Å²) in [6.07, 6.45) is 0.868. The van der Waals surface area contributed by atoms with Crippen LogP contribution < -0.4 is 15.1 Å². The standard InChI is InChI=1S/C53H49F3N6O4/c1-59-28-30-60(31-29-59)43-23-25-46(47(36-43)61(51(65)53(54,55)56)42-26-32-66-33-27-42)50(64)57-49-45-24-22-38(21-20-37-12-11-19-44(63)34-37)35-48(45)62(58-49)52(39-13-5-2-6-14-39,40-15-7-3-8-16-40)41-17-9-4-10-18-41/h2-19,22-25,35-37,42,63H,26-34H2,1H3,(H,57,58,64). The summed E-state index contributed by atoms with van der Waals surface area (Å²) in [5, 5.41) is 19.1. The third-order valence-corrected chi connectivity index (χ3v) is 12.6. The van der Waals surface area contributed by atoms with Crippen LogP contribution in [0.5, 0.6) is 0 Å². The number of piperazine rings is 1. The molecule has 1 aliphatic carbocycles. The number of fused-ring (bicyclic) bond motifs is 1. The van der Waals surface area contributed by atoms with Gasteiger partial charge in [0.15, 0.2) is 5.82 Å². The van der Waals surface area contributed by atoms with Gasteiger partial charge in [-0.2, -0.15) is 18.3 Å². The number of nitrogens with zero attached hydrogens (tertiary/aromatic N) is 5. The zero-order valence-corrected chi connectivity index (χ0v) is 36.4. The first-order valence-corrected chi connectivity index (χ1v) is 22.2. The number of carbonyl (C=O) groups excluding carboxylic acids is 2. The lowest BCUT2D eigenvalue weighted by atomic mass is 9.77. The van der Waals surface area contributed by atoms with E-state index in [1.54, 1.807) is 24.3 Å². The number of benzene rings is 5. The lowest BCUT2D eigenvalue weighted by molar-refractivity contribution is -0.171. The molecule has 1 aromatic heterocycles. The van der Waals surface area contributed by atoms with Crippen LogP contribution in [0.4, 0.5) is 30.4 Å². The highest BCUT2D eigenvalue weighted by atomic mass is 19.4. The molecule has 1 atom stereocenters. The van der Waals surface area contributed by atoms with E-state index >= 15 is 4.79 Å². The molecule has 2 N–H and O–H groups in total. The number of rotatable bonds is 9. The van der Waals surface area contributed by atoms with Gasteiger partial charge in [-0.3, -0.25) is 9.59 Å². The van der Waals surface area contributed by atoms with Gasteiger partial charge >= 0.3 is 12.1 Å². The summed E-state index contributed by atoms with van der Waals surface area (Å²) in [6, 6.07) is 39.3. The lowest BCUT2D eigenvalue weighted by Gasteiger charge is -2.37. The second-order valence-electron chi connectivity index (χ2n) is 16.9. The van der Waals surface area contributed by atoms with Crippen molar-refractivity contribution in [2.24, 2.45) is 5.92 Å². The Kier molecular flexibility index (Phi) is 12.5. The van der Waals surface area contributed by atoms with Gasteiger partial charge in [-0.05, 0) is 79.1 Å². The quantitative estimate of drug-likeness (QED) is 0.110. The number of halogens is 3. The van der Waals surface area contributed by atoms with Crippen molar-refractivity contribution in [2.75, 3.05) is 61.6 Å². The molecule has 0 bridgehead atoms. The number of aliphatic hydroxyl groups is 1. The van der Waals surface area contributed by atoms with Gasteiger partial charge in [-0.1, -0.05) is 115 Å². The number of carbonyl (C=O) groups is 2. The Morgan fingerprint density at radius 2 is 1.44 bits per heavy atom. The minimum atomic E-state index is -5.22. The normalized spacial score (nSPS) is 17.2. The van der Waals surface area contributed by atoms with Crippen molar-refractivity contribution >= 4 is 39.9 Å². The number of aliphatic hydroxyl groups excluding tert-OH is 1. The van der Waals surface area contributed by atoms with Gasteiger partial charge in [-0.25, -0.2) is 4.68 Å². The molecular weight excluding hydrogens is 842 g/mol. The maximum absolute atomic E-state index is 15.0. The molecule has 1 unspecified atom stereocenters. The van der Waals surface area contributed by atoms with E-state index in [-0.39, 0.29) is 54.8 Å². The average molecular weight is 891 g/mol. The lowest BCUT2D eigenvalue weighted by Crippen LogP contribution is -2.50. The van der Waals surface area contributed by atoms with Gasteiger partial charge < -0.3 is 29.9 Å². The Morgan fingerprint density at radius 1 is 0.818 bits per heavy atom. The number of amides is 2. The van der Waals surface area contributed by atoms with Crippen LogP contribution in [0.1, 0.15) is 51.9 Å². The molecule has 0 saturated carbocycles. The summed E-state index contributed by atoms with van der Waals surface area (Å²) in [6.45, 7) is 3.05. The summed E-state index contributed by atoms with van der Waals surface area (Å²) < 4.78 is 51.4. The van der Waals surface area contributed by atoms with Crippen LogP contribution >= 0.6 is 0 Å². The van der Waals surface area contributed by atoms with Crippen LogP contribution in [0, 0.1) is 17.8 Å². The van der Waals surface area contributed by atoms with Gasteiger partial charge in [0, 0.05) is 74.4 Å². The molecule has 336 valence electrons. The topological polar surface area (TPSA) is 103 Å². The number of nitrogens with one attached hydrogen (secondary N) is 1. The van der Waals surface area contributed by atoms with E-state index in [2.05, 4.69) is 27.0 Å². The first kappa shape index (κ1) is 44.1. The monoisotopic (exact) mass is 890 g/mol. The van der Waals surface area contributed by atoms with Gasteiger partial charge in [-0.15, -0.1) is 0 Å². The molecule has 5 aromatic carbocycles. The van der Waals surface area contributed by atoms with Crippen molar-refractivity contribution in [3.63, 3.8) is 0 Å². The highest BCUT2D eigenvalue weighted by Crippen LogP contribution is 2.44. The van der Waals surface area contributed by atoms with E-state index in [1.165, 1.54) is 6.07 Å². The van der Waals surface area contributed by atoms with E-state index in [9.17, 15) is 23.1 Å². The minimum Gasteiger partial charge on any atom is -0.512 e. The fourth-order valence-electron chi connectivity index (χ4n) is 9.28. The van der Waals surface area contributed by atoms with E-state index in [4.69, 9.17) is 9.84 Å².